The summed E-state index contributed by atoms with van der Waals surface area (Å²) in [5.74, 6) is 0. The van der Waals surface area contributed by atoms with E-state index in [2.05, 4.69) is 0 Å². The lowest BCUT2D eigenvalue weighted by Crippen LogP contribution is -2.65. The third kappa shape index (κ3) is 5.08. The van der Waals surface area contributed by atoms with Crippen LogP contribution in [0.5, 0.6) is 0 Å². The van der Waals surface area contributed by atoms with Crippen molar-refractivity contribution in [3.05, 3.63) is 0 Å². The highest BCUT2D eigenvalue weighted by Crippen LogP contribution is 2.32. The Morgan fingerprint density at radius 1 is 0.562 bits per heavy atom. The summed E-state index contributed by atoms with van der Waals surface area (Å²) in [5, 5.41) is 99.3. The van der Waals surface area contributed by atoms with E-state index in [0.29, 0.717) is 0 Å². The molecule has 0 amide bonds. The van der Waals surface area contributed by atoms with Crippen LogP contribution in [-0.2, 0) is 18.9 Å². The Morgan fingerprint density at radius 3 is 1.75 bits per heavy atom. The smallest absolute Gasteiger partial charge is 0.187 e. The highest BCUT2D eigenvalue weighted by Gasteiger charge is 2.51. The monoisotopic (exact) mass is 472 g/mol. The quantitative estimate of drug-likeness (QED) is 0.173. The number of hydrogen-bond donors (Lipinski definition) is 10. The van der Waals surface area contributed by atoms with Gasteiger partial charge in [0, 0.05) is 0 Å². The molecule has 14 heteroatoms. The number of aliphatic hydroxyl groups excluding tert-OH is 10. The van der Waals surface area contributed by atoms with Crippen molar-refractivity contribution in [2.24, 2.45) is 0 Å². The normalized spacial score (nSPS) is 52.7. The van der Waals surface area contributed by atoms with Gasteiger partial charge >= 0.3 is 0 Å². The molecular formula is C18H32O14. The van der Waals surface area contributed by atoms with Crippen LogP contribution in [-0.4, -0.2) is 150 Å². The Labute approximate surface area is 182 Å². The number of aliphatic hydroxyl groups is 10. The first-order valence-corrected chi connectivity index (χ1v) is 10.4. The van der Waals surface area contributed by atoms with Gasteiger partial charge in [0.15, 0.2) is 12.6 Å². The zero-order chi connectivity index (χ0) is 23.7. The van der Waals surface area contributed by atoms with E-state index in [1.54, 1.807) is 0 Å². The fourth-order valence-corrected chi connectivity index (χ4v) is 4.11. The van der Waals surface area contributed by atoms with E-state index in [1.807, 2.05) is 0 Å². The summed E-state index contributed by atoms with van der Waals surface area (Å²) in [7, 11) is 0. The van der Waals surface area contributed by atoms with Gasteiger partial charge in [-0.3, -0.25) is 0 Å². The average Bonchev–Trinajstić information content (AvgIpc) is 2.78. The summed E-state index contributed by atoms with van der Waals surface area (Å²) in [4.78, 5) is 0. The molecule has 32 heavy (non-hydrogen) atoms. The zero-order valence-corrected chi connectivity index (χ0v) is 17.0. The molecule has 188 valence electrons. The molecule has 3 aliphatic rings. The van der Waals surface area contributed by atoms with Crippen LogP contribution < -0.4 is 0 Å². The molecule has 0 aromatic heterocycles. The van der Waals surface area contributed by atoms with E-state index in [9.17, 15) is 51.1 Å². The largest absolute Gasteiger partial charge is 0.394 e. The third-order valence-corrected chi connectivity index (χ3v) is 6.14. The predicted octanol–water partition coefficient (Wildman–Crippen LogP) is -6.13. The van der Waals surface area contributed by atoms with Crippen LogP contribution in [0.15, 0.2) is 0 Å². The highest BCUT2D eigenvalue weighted by atomic mass is 16.7. The molecule has 0 aromatic rings. The Morgan fingerprint density at radius 2 is 1.12 bits per heavy atom. The zero-order valence-electron chi connectivity index (χ0n) is 17.0. The molecule has 14 atom stereocenters. The van der Waals surface area contributed by atoms with Crippen LogP contribution in [0.4, 0.5) is 0 Å². The second-order valence-corrected chi connectivity index (χ2v) is 8.31. The van der Waals surface area contributed by atoms with Crippen molar-refractivity contribution in [1.29, 1.82) is 0 Å². The third-order valence-electron chi connectivity index (χ3n) is 6.14. The molecule has 3 rings (SSSR count). The summed E-state index contributed by atoms with van der Waals surface area (Å²) in [5.41, 5.74) is 0. The molecular weight excluding hydrogens is 440 g/mol. The Balaban J connectivity index is 1.67. The lowest BCUT2D eigenvalue weighted by atomic mass is 9.89. The van der Waals surface area contributed by atoms with Crippen molar-refractivity contribution in [2.45, 2.75) is 98.7 Å². The second kappa shape index (κ2) is 10.8. The van der Waals surface area contributed by atoms with Gasteiger partial charge < -0.3 is 70.0 Å². The molecule has 0 spiro atoms. The van der Waals surface area contributed by atoms with E-state index in [4.69, 9.17) is 18.9 Å². The fourth-order valence-electron chi connectivity index (χ4n) is 4.11. The maximum absolute atomic E-state index is 10.6. The van der Waals surface area contributed by atoms with Gasteiger partial charge in [0.1, 0.15) is 61.0 Å². The lowest BCUT2D eigenvalue weighted by molar-refractivity contribution is -0.366. The first kappa shape index (κ1) is 26.1. The van der Waals surface area contributed by atoms with E-state index in [-0.39, 0.29) is 12.8 Å². The van der Waals surface area contributed by atoms with Gasteiger partial charge in [-0.15, -0.1) is 0 Å². The van der Waals surface area contributed by atoms with Gasteiger partial charge in [0.25, 0.3) is 0 Å². The fraction of sp³-hybridized carbons (Fsp3) is 1.00. The summed E-state index contributed by atoms with van der Waals surface area (Å²) in [6.45, 7) is -1.44. The standard InChI is InChI=1S/C18H32O14/c19-3-7-11(24)12(25)14(27)18(30-7)32-16-8(4-20)31-17(15(28)13(16)26)29-6-2-1-5(21)9(22)10(6)23/h5-28H,1-4H2/t5-,6+,7-,8-,9+,10+,11-,12+,13-,14-,15+,16+,17+,18+/m0/s1. The first-order valence-electron chi connectivity index (χ1n) is 10.4. The lowest BCUT2D eigenvalue weighted by Gasteiger charge is -2.47. The summed E-state index contributed by atoms with van der Waals surface area (Å²) < 4.78 is 21.6. The van der Waals surface area contributed by atoms with E-state index in [1.165, 1.54) is 0 Å². The highest BCUT2D eigenvalue weighted by molar-refractivity contribution is 4.95. The Bertz CT molecular complexity index is 592. The molecule has 2 saturated heterocycles. The van der Waals surface area contributed by atoms with Gasteiger partial charge in [-0.2, -0.15) is 0 Å². The van der Waals surface area contributed by atoms with Crippen LogP contribution in [0.3, 0.4) is 0 Å². The van der Waals surface area contributed by atoms with Gasteiger partial charge in [-0.1, -0.05) is 0 Å². The Hall–Kier alpha value is -0.560. The SMILES string of the molecule is OC[C@@H]1O[C@H](O[C@H]2[C@@H](O)[C@@H](O)[C@H](O[C@@H]3CC[C@H](O)[C@@H](O)[C@@H]3O)O[C@H]2CO)[C@@H](O)[C@H](O)[C@H]1O. The van der Waals surface area contributed by atoms with Gasteiger partial charge in [-0.25, -0.2) is 0 Å². The van der Waals surface area contributed by atoms with Crippen molar-refractivity contribution >= 4 is 0 Å². The summed E-state index contributed by atoms with van der Waals surface area (Å²) >= 11 is 0. The molecule has 1 saturated carbocycles. The van der Waals surface area contributed by atoms with Gasteiger partial charge in [0.2, 0.25) is 0 Å². The minimum Gasteiger partial charge on any atom is -0.394 e. The average molecular weight is 472 g/mol. The van der Waals surface area contributed by atoms with Crippen molar-refractivity contribution in [2.75, 3.05) is 13.2 Å². The first-order chi connectivity index (χ1) is 15.1. The van der Waals surface area contributed by atoms with Crippen molar-refractivity contribution in [1.82, 2.24) is 0 Å². The van der Waals surface area contributed by atoms with Crippen molar-refractivity contribution in [3.63, 3.8) is 0 Å². The molecule has 3 fully saturated rings. The Kier molecular flexibility index (Phi) is 8.79. The number of rotatable bonds is 6. The van der Waals surface area contributed by atoms with Crippen LogP contribution in [0, 0.1) is 0 Å². The molecule has 0 bridgehead atoms. The maximum atomic E-state index is 10.6. The topological polar surface area (TPSA) is 239 Å². The van der Waals surface area contributed by atoms with Crippen molar-refractivity contribution < 1.29 is 70.0 Å². The van der Waals surface area contributed by atoms with Crippen molar-refractivity contribution in [3.8, 4) is 0 Å². The van der Waals surface area contributed by atoms with Crippen LogP contribution in [0.2, 0.25) is 0 Å². The molecule has 0 unspecified atom stereocenters. The molecule has 0 aromatic carbocycles. The predicted molar refractivity (Wildman–Crippen MR) is 98.5 cm³/mol. The number of ether oxygens (including phenoxy) is 4. The van der Waals surface area contributed by atoms with E-state index < -0.39 is 99.0 Å². The summed E-state index contributed by atoms with van der Waals surface area (Å²) in [6.07, 6.45) is -20.8. The van der Waals surface area contributed by atoms with Crippen LogP contribution in [0.25, 0.3) is 0 Å². The van der Waals surface area contributed by atoms with Crippen LogP contribution in [0.1, 0.15) is 12.8 Å². The number of hydrogen-bond acceptors (Lipinski definition) is 14. The minimum atomic E-state index is -1.78. The van der Waals surface area contributed by atoms with E-state index >= 15 is 0 Å². The van der Waals surface area contributed by atoms with Crippen LogP contribution >= 0.6 is 0 Å². The summed E-state index contributed by atoms with van der Waals surface area (Å²) in [6, 6.07) is 0. The van der Waals surface area contributed by atoms with E-state index in [0.717, 1.165) is 0 Å². The molecule has 2 heterocycles. The van der Waals surface area contributed by atoms with Gasteiger partial charge in [0.05, 0.1) is 25.4 Å². The minimum absolute atomic E-state index is 0.112. The molecule has 0 radical (unpaired) electrons. The molecule has 10 N–H and O–H groups in total. The maximum Gasteiger partial charge on any atom is 0.187 e. The molecule has 2 aliphatic heterocycles. The molecule has 1 aliphatic carbocycles. The van der Waals surface area contributed by atoms with Gasteiger partial charge in [-0.05, 0) is 12.8 Å². The molecule has 14 nitrogen and oxygen atoms in total. The second-order valence-electron chi connectivity index (χ2n) is 8.31.